The second-order valence-electron chi connectivity index (χ2n) is 7.33. The minimum atomic E-state index is -5.08. The van der Waals surface area contributed by atoms with E-state index in [0.29, 0.717) is 5.13 Å². The summed E-state index contributed by atoms with van der Waals surface area (Å²) in [4.78, 5) is 25.8. The minimum Gasteiger partial charge on any atom is -0.475 e. The predicted molar refractivity (Wildman–Crippen MR) is 113 cm³/mol. The van der Waals surface area contributed by atoms with E-state index in [1.54, 1.807) is 0 Å². The number of nitrogens with one attached hydrogen (secondary N) is 2. The van der Waals surface area contributed by atoms with Gasteiger partial charge in [0.25, 0.3) is 0 Å². The average molecular weight is 470 g/mol. The molecule has 3 N–H and O–H groups in total. The average Bonchev–Trinajstić information content (AvgIpc) is 3.42. The molecule has 1 fully saturated rings. The molecule has 1 aromatic carbocycles. The van der Waals surface area contributed by atoms with Crippen LogP contribution in [0.1, 0.15) is 23.4 Å². The topological polar surface area (TPSA) is 117 Å². The lowest BCUT2D eigenvalue weighted by Gasteiger charge is -2.06. The first kappa shape index (κ1) is 23.7. The fourth-order valence-electron chi connectivity index (χ4n) is 3.35. The Hall–Kier alpha value is -2.99. The first-order chi connectivity index (χ1) is 15.0. The molecular formula is C20H21F3N4O4S. The fourth-order valence-corrected chi connectivity index (χ4v) is 4.24. The van der Waals surface area contributed by atoms with Gasteiger partial charge in [-0.05, 0) is 57.0 Å². The normalized spacial score (nSPS) is 16.0. The van der Waals surface area contributed by atoms with Gasteiger partial charge >= 0.3 is 12.1 Å². The molecule has 3 aromatic rings. The molecule has 0 bridgehead atoms. The number of anilines is 1. The summed E-state index contributed by atoms with van der Waals surface area (Å²) in [5, 5.41) is 18.0. The highest BCUT2D eigenvalue weighted by Crippen LogP contribution is 2.36. The number of amides is 1. The Labute approximate surface area is 184 Å². The number of carboxylic acids is 1. The molecule has 32 heavy (non-hydrogen) atoms. The van der Waals surface area contributed by atoms with E-state index in [-0.39, 0.29) is 11.8 Å². The molecule has 0 saturated carbocycles. The number of aryl methyl sites for hydroxylation is 3. The number of alkyl halides is 3. The second-order valence-corrected chi connectivity index (χ2v) is 8.37. The first-order valence-corrected chi connectivity index (χ1v) is 10.4. The number of carboxylic acid groups (broad SMARTS) is 1. The van der Waals surface area contributed by atoms with E-state index in [4.69, 9.17) is 14.4 Å². The number of carbonyl (C=O) groups is 2. The van der Waals surface area contributed by atoms with E-state index < -0.39 is 12.1 Å². The quantitative estimate of drug-likeness (QED) is 0.528. The number of halogens is 3. The minimum absolute atomic E-state index is 0.0339. The van der Waals surface area contributed by atoms with Crippen LogP contribution in [0.15, 0.2) is 16.7 Å². The monoisotopic (exact) mass is 470 g/mol. The molecule has 4 rings (SSSR count). The lowest BCUT2D eigenvalue weighted by Crippen LogP contribution is -2.24. The fraction of sp³-hybridized carbons (Fsp3) is 0.400. The zero-order valence-corrected chi connectivity index (χ0v) is 18.3. The Morgan fingerprint density at radius 3 is 2.50 bits per heavy atom. The summed E-state index contributed by atoms with van der Waals surface area (Å²) < 4.78 is 38.1. The highest BCUT2D eigenvalue weighted by molar-refractivity contribution is 7.22. The number of benzene rings is 1. The Balaban J connectivity index is 0.000000360. The Kier molecular flexibility index (Phi) is 6.84. The van der Waals surface area contributed by atoms with Crippen molar-refractivity contribution in [2.24, 2.45) is 5.92 Å². The molecule has 0 spiro atoms. The van der Waals surface area contributed by atoms with Crippen LogP contribution in [0.25, 0.3) is 21.3 Å². The maximum Gasteiger partial charge on any atom is 0.490 e. The number of aromatic nitrogens is 2. The van der Waals surface area contributed by atoms with Crippen molar-refractivity contribution < 1.29 is 32.4 Å². The van der Waals surface area contributed by atoms with Gasteiger partial charge in [0, 0.05) is 12.1 Å². The molecule has 0 unspecified atom stereocenters. The van der Waals surface area contributed by atoms with Crippen molar-refractivity contribution in [2.75, 3.05) is 18.4 Å². The van der Waals surface area contributed by atoms with Crippen LogP contribution in [0.4, 0.5) is 18.3 Å². The SMILES string of the molecule is Cc1cc2nc(NC(=O)[C@H]3CCNC3)sc2cc1-c1c(C)noc1C.O=C(O)C(F)(F)F. The van der Waals surface area contributed by atoms with E-state index in [1.165, 1.54) is 11.3 Å². The number of carbonyl (C=O) groups excluding carboxylic acids is 1. The van der Waals surface area contributed by atoms with Gasteiger partial charge in [0.1, 0.15) is 5.76 Å². The molecule has 1 aliphatic rings. The summed E-state index contributed by atoms with van der Waals surface area (Å²) in [7, 11) is 0. The lowest BCUT2D eigenvalue weighted by atomic mass is 9.99. The third-order valence-corrected chi connectivity index (χ3v) is 5.87. The number of nitrogens with zero attached hydrogens (tertiary/aromatic N) is 2. The summed E-state index contributed by atoms with van der Waals surface area (Å²) in [6.07, 6.45) is -4.20. The van der Waals surface area contributed by atoms with E-state index in [2.05, 4.69) is 39.8 Å². The van der Waals surface area contributed by atoms with Crippen molar-refractivity contribution in [1.82, 2.24) is 15.5 Å². The van der Waals surface area contributed by atoms with Gasteiger partial charge in [0.05, 0.1) is 21.8 Å². The molecule has 12 heteroatoms. The van der Waals surface area contributed by atoms with Crippen LogP contribution in [0, 0.1) is 26.7 Å². The molecule has 2 aromatic heterocycles. The Bertz CT molecular complexity index is 1130. The van der Waals surface area contributed by atoms with Crippen molar-refractivity contribution in [3.8, 4) is 11.1 Å². The highest BCUT2D eigenvalue weighted by atomic mass is 32.1. The van der Waals surface area contributed by atoms with E-state index >= 15 is 0 Å². The van der Waals surface area contributed by atoms with E-state index in [0.717, 1.165) is 57.9 Å². The van der Waals surface area contributed by atoms with Crippen LogP contribution in [0.3, 0.4) is 0 Å². The van der Waals surface area contributed by atoms with Crippen molar-refractivity contribution >= 4 is 38.6 Å². The molecule has 1 atom stereocenters. The van der Waals surface area contributed by atoms with Crippen molar-refractivity contribution in [3.63, 3.8) is 0 Å². The number of rotatable bonds is 3. The van der Waals surface area contributed by atoms with Gasteiger partial charge in [-0.2, -0.15) is 13.2 Å². The van der Waals surface area contributed by atoms with Crippen LogP contribution in [-0.4, -0.2) is 46.4 Å². The highest BCUT2D eigenvalue weighted by Gasteiger charge is 2.38. The molecule has 8 nitrogen and oxygen atoms in total. The van der Waals surface area contributed by atoms with Crippen molar-refractivity contribution in [2.45, 2.75) is 33.4 Å². The molecule has 0 radical (unpaired) electrons. The lowest BCUT2D eigenvalue weighted by molar-refractivity contribution is -0.192. The number of hydrogen-bond donors (Lipinski definition) is 3. The predicted octanol–water partition coefficient (Wildman–Crippen LogP) is 4.06. The summed E-state index contributed by atoms with van der Waals surface area (Å²) in [5.41, 5.74) is 5.04. The number of thiazole rings is 1. The summed E-state index contributed by atoms with van der Waals surface area (Å²) in [5.74, 6) is -1.86. The van der Waals surface area contributed by atoms with Crippen LogP contribution in [0.2, 0.25) is 0 Å². The second kappa shape index (κ2) is 9.25. The van der Waals surface area contributed by atoms with Crippen molar-refractivity contribution in [3.05, 3.63) is 29.2 Å². The number of aliphatic carboxylic acids is 1. The first-order valence-electron chi connectivity index (χ1n) is 9.63. The Morgan fingerprint density at radius 1 is 1.28 bits per heavy atom. The van der Waals surface area contributed by atoms with Crippen LogP contribution >= 0.6 is 11.3 Å². The molecule has 3 heterocycles. The summed E-state index contributed by atoms with van der Waals surface area (Å²) in [6.45, 7) is 7.57. The third-order valence-electron chi connectivity index (χ3n) is 4.94. The van der Waals surface area contributed by atoms with E-state index in [9.17, 15) is 18.0 Å². The van der Waals surface area contributed by atoms with Gasteiger partial charge in [-0.25, -0.2) is 9.78 Å². The van der Waals surface area contributed by atoms with Gasteiger partial charge in [0.2, 0.25) is 5.91 Å². The molecular weight excluding hydrogens is 449 g/mol. The van der Waals surface area contributed by atoms with Gasteiger partial charge in [-0.3, -0.25) is 4.79 Å². The number of hydrogen-bond acceptors (Lipinski definition) is 7. The molecule has 1 amide bonds. The Morgan fingerprint density at radius 2 is 1.97 bits per heavy atom. The summed E-state index contributed by atoms with van der Waals surface area (Å²) >= 11 is 1.50. The van der Waals surface area contributed by atoms with Crippen molar-refractivity contribution in [1.29, 1.82) is 0 Å². The molecule has 1 saturated heterocycles. The van der Waals surface area contributed by atoms with Gasteiger partial charge < -0.3 is 20.3 Å². The number of fused-ring (bicyclic) bond motifs is 1. The van der Waals surface area contributed by atoms with Crippen LogP contribution in [0.5, 0.6) is 0 Å². The third kappa shape index (κ3) is 5.25. The summed E-state index contributed by atoms with van der Waals surface area (Å²) in [6, 6.07) is 4.17. The van der Waals surface area contributed by atoms with Crippen LogP contribution < -0.4 is 10.6 Å². The zero-order chi connectivity index (χ0) is 23.6. The maximum atomic E-state index is 12.3. The molecule has 0 aliphatic carbocycles. The molecule has 172 valence electrons. The van der Waals surface area contributed by atoms with Crippen LogP contribution in [-0.2, 0) is 9.59 Å². The molecule has 1 aliphatic heterocycles. The zero-order valence-electron chi connectivity index (χ0n) is 17.5. The smallest absolute Gasteiger partial charge is 0.475 e. The maximum absolute atomic E-state index is 12.3. The largest absolute Gasteiger partial charge is 0.490 e. The van der Waals surface area contributed by atoms with Gasteiger partial charge in [-0.1, -0.05) is 16.5 Å². The standard InChI is InChI=1S/C18H20N4O2S.C2HF3O2/c1-9-6-14-15(7-13(9)16-10(2)22-24-11(16)3)25-18(20-14)21-17(23)12-4-5-19-8-12;3-2(4,5)1(6)7/h6-7,12,19H,4-5,8H2,1-3H3,(H,20,21,23);(H,6,7)/t12-;/m0./s1. The van der Waals surface area contributed by atoms with E-state index in [1.807, 2.05) is 13.8 Å². The van der Waals surface area contributed by atoms with Gasteiger partial charge in [0.15, 0.2) is 5.13 Å². The van der Waals surface area contributed by atoms with Gasteiger partial charge in [-0.15, -0.1) is 0 Å².